The van der Waals surface area contributed by atoms with Crippen LogP contribution in [-0.2, 0) is 20.3 Å². The molecule has 31 heavy (non-hydrogen) atoms. The van der Waals surface area contributed by atoms with E-state index in [9.17, 15) is 13.2 Å². The highest BCUT2D eigenvalue weighted by atomic mass is 35.5. The fourth-order valence-corrected chi connectivity index (χ4v) is 5.50. The molecule has 0 saturated carbocycles. The van der Waals surface area contributed by atoms with Gasteiger partial charge in [-0.3, -0.25) is 4.79 Å². The number of nitrogens with zero attached hydrogens (tertiary/aromatic N) is 1. The molecule has 1 fully saturated rings. The number of morpholine rings is 1. The summed E-state index contributed by atoms with van der Waals surface area (Å²) in [6.07, 6.45) is 1.28. The topological polar surface area (TPSA) is 75.7 Å². The van der Waals surface area contributed by atoms with E-state index in [0.717, 1.165) is 5.56 Å². The molecule has 0 bridgehead atoms. The van der Waals surface area contributed by atoms with Crippen molar-refractivity contribution < 1.29 is 17.9 Å². The van der Waals surface area contributed by atoms with Crippen LogP contribution < -0.4 is 5.32 Å². The van der Waals surface area contributed by atoms with E-state index in [1.54, 1.807) is 12.1 Å². The van der Waals surface area contributed by atoms with Crippen LogP contribution in [0.4, 0.5) is 0 Å². The predicted molar refractivity (Wildman–Crippen MR) is 122 cm³/mol. The Morgan fingerprint density at radius 2 is 1.68 bits per heavy atom. The van der Waals surface area contributed by atoms with Crippen LogP contribution in [0.1, 0.15) is 42.6 Å². The van der Waals surface area contributed by atoms with Gasteiger partial charge in [0.2, 0.25) is 10.0 Å². The van der Waals surface area contributed by atoms with Gasteiger partial charge in [-0.2, -0.15) is 4.31 Å². The summed E-state index contributed by atoms with van der Waals surface area (Å²) in [5.41, 5.74) is 0.407. The maximum atomic E-state index is 13.2. The molecule has 0 spiro atoms. The Morgan fingerprint density at radius 1 is 1.06 bits per heavy atom. The average Bonchev–Trinajstić information content (AvgIpc) is 2.78. The third-order valence-corrected chi connectivity index (χ3v) is 8.22. The third-order valence-electron chi connectivity index (χ3n) is 5.75. The number of hydrogen-bond acceptors (Lipinski definition) is 4. The Hall–Kier alpha value is -1.64. The minimum Gasteiger partial charge on any atom is -0.379 e. The van der Waals surface area contributed by atoms with Crippen molar-refractivity contribution in [2.45, 2.75) is 37.1 Å². The first kappa shape index (κ1) is 24.0. The molecule has 1 N–H and O–H groups in total. The molecule has 0 atom stereocenters. The van der Waals surface area contributed by atoms with Gasteiger partial charge >= 0.3 is 0 Å². The highest BCUT2D eigenvalue weighted by molar-refractivity contribution is 7.89. The quantitative estimate of drug-likeness (QED) is 0.629. The number of carbonyl (C=O) groups is 1. The number of ether oxygens (including phenoxy) is 1. The SMILES string of the molecule is CCC(CC)(NC(=O)c1cc(S(=O)(=O)N2CCOCC2)ccc1Cl)c1ccc(Cl)cc1. The van der Waals surface area contributed by atoms with E-state index in [1.165, 1.54) is 22.5 Å². The maximum Gasteiger partial charge on any atom is 0.253 e. The van der Waals surface area contributed by atoms with Gasteiger partial charge in [0.25, 0.3) is 5.91 Å². The Morgan fingerprint density at radius 3 is 2.26 bits per heavy atom. The first-order valence-electron chi connectivity index (χ1n) is 10.2. The molecule has 6 nitrogen and oxygen atoms in total. The van der Waals surface area contributed by atoms with Crippen molar-refractivity contribution in [2.24, 2.45) is 0 Å². The first-order chi connectivity index (χ1) is 14.7. The molecule has 1 saturated heterocycles. The highest BCUT2D eigenvalue weighted by Gasteiger charge is 2.32. The van der Waals surface area contributed by atoms with Crippen LogP contribution in [0.2, 0.25) is 10.0 Å². The lowest BCUT2D eigenvalue weighted by Gasteiger charge is -2.34. The number of nitrogens with one attached hydrogen (secondary N) is 1. The number of amides is 1. The fourth-order valence-electron chi connectivity index (χ4n) is 3.74. The number of benzene rings is 2. The van der Waals surface area contributed by atoms with Crippen molar-refractivity contribution >= 4 is 39.1 Å². The lowest BCUT2D eigenvalue weighted by atomic mass is 9.84. The van der Waals surface area contributed by atoms with Gasteiger partial charge in [0, 0.05) is 18.1 Å². The highest BCUT2D eigenvalue weighted by Crippen LogP contribution is 2.31. The van der Waals surface area contributed by atoms with Crippen LogP contribution in [-0.4, -0.2) is 44.9 Å². The fraction of sp³-hybridized carbons (Fsp3) is 0.409. The van der Waals surface area contributed by atoms with Crippen molar-refractivity contribution in [3.8, 4) is 0 Å². The summed E-state index contributed by atoms with van der Waals surface area (Å²) >= 11 is 12.3. The minimum absolute atomic E-state index is 0.0361. The van der Waals surface area contributed by atoms with Gasteiger partial charge in [-0.25, -0.2) is 8.42 Å². The number of hydrogen-bond donors (Lipinski definition) is 1. The van der Waals surface area contributed by atoms with Gasteiger partial charge in [-0.1, -0.05) is 49.2 Å². The molecule has 2 aromatic rings. The predicted octanol–water partition coefficient (Wildman–Crippen LogP) is 4.46. The lowest BCUT2D eigenvalue weighted by Crippen LogP contribution is -2.45. The standard InChI is InChI=1S/C22H26Cl2N2O4S/c1-3-22(4-2,16-5-7-17(23)8-6-16)25-21(27)19-15-18(9-10-20(19)24)31(28,29)26-11-13-30-14-12-26/h5-10,15H,3-4,11-14H2,1-2H3,(H,25,27). The summed E-state index contributed by atoms with van der Waals surface area (Å²) in [6, 6.07) is 11.6. The van der Waals surface area contributed by atoms with Crippen LogP contribution in [0, 0.1) is 0 Å². The minimum atomic E-state index is -3.75. The Balaban J connectivity index is 1.93. The van der Waals surface area contributed by atoms with E-state index in [2.05, 4.69) is 5.32 Å². The molecule has 1 heterocycles. The monoisotopic (exact) mass is 484 g/mol. The van der Waals surface area contributed by atoms with E-state index in [4.69, 9.17) is 27.9 Å². The summed E-state index contributed by atoms with van der Waals surface area (Å²) < 4.78 is 32.6. The van der Waals surface area contributed by atoms with Crippen LogP contribution in [0.3, 0.4) is 0 Å². The number of sulfonamides is 1. The van der Waals surface area contributed by atoms with Crippen LogP contribution in [0.25, 0.3) is 0 Å². The summed E-state index contributed by atoms with van der Waals surface area (Å²) in [5.74, 6) is -0.428. The van der Waals surface area contributed by atoms with Gasteiger partial charge in [0.15, 0.2) is 0 Å². The lowest BCUT2D eigenvalue weighted by molar-refractivity contribution is 0.0730. The van der Waals surface area contributed by atoms with Gasteiger partial charge in [-0.05, 0) is 48.7 Å². The molecule has 168 valence electrons. The van der Waals surface area contributed by atoms with E-state index < -0.39 is 21.5 Å². The Labute approximate surface area is 193 Å². The van der Waals surface area contributed by atoms with Crippen molar-refractivity contribution in [1.82, 2.24) is 9.62 Å². The third kappa shape index (κ3) is 5.07. The molecule has 3 rings (SSSR count). The van der Waals surface area contributed by atoms with Gasteiger partial charge in [0.05, 0.1) is 34.2 Å². The number of rotatable bonds is 7. The van der Waals surface area contributed by atoms with Gasteiger partial charge < -0.3 is 10.1 Å². The zero-order valence-electron chi connectivity index (χ0n) is 17.5. The summed E-state index contributed by atoms with van der Waals surface area (Å²) in [4.78, 5) is 13.3. The van der Waals surface area contributed by atoms with Crippen molar-refractivity contribution in [3.05, 3.63) is 63.6 Å². The molecule has 0 aliphatic carbocycles. The molecule has 0 radical (unpaired) electrons. The second kappa shape index (κ2) is 9.88. The Kier molecular flexibility index (Phi) is 7.65. The van der Waals surface area contributed by atoms with Crippen molar-refractivity contribution in [3.63, 3.8) is 0 Å². The van der Waals surface area contributed by atoms with E-state index in [1.807, 2.05) is 26.0 Å². The van der Waals surface area contributed by atoms with Gasteiger partial charge in [0.1, 0.15) is 0 Å². The Bertz CT molecular complexity index is 1030. The molecule has 0 unspecified atom stereocenters. The van der Waals surface area contributed by atoms with Crippen molar-refractivity contribution in [1.29, 1.82) is 0 Å². The molecule has 1 aliphatic rings. The largest absolute Gasteiger partial charge is 0.379 e. The number of carbonyl (C=O) groups excluding carboxylic acids is 1. The molecule has 9 heteroatoms. The van der Waals surface area contributed by atoms with Crippen LogP contribution >= 0.6 is 23.2 Å². The van der Waals surface area contributed by atoms with E-state index >= 15 is 0 Å². The zero-order chi connectivity index (χ0) is 22.6. The molecule has 1 aliphatic heterocycles. The molecule has 2 aromatic carbocycles. The number of halogens is 2. The molecular formula is C22H26Cl2N2O4S. The summed E-state index contributed by atoms with van der Waals surface area (Å²) in [6.45, 7) is 5.21. The second-order valence-electron chi connectivity index (χ2n) is 7.41. The summed E-state index contributed by atoms with van der Waals surface area (Å²) in [7, 11) is -3.75. The first-order valence-corrected chi connectivity index (χ1v) is 12.4. The normalized spacial score (nSPS) is 15.6. The van der Waals surface area contributed by atoms with Crippen LogP contribution in [0.15, 0.2) is 47.4 Å². The van der Waals surface area contributed by atoms with E-state index in [-0.39, 0.29) is 28.6 Å². The van der Waals surface area contributed by atoms with Gasteiger partial charge in [-0.15, -0.1) is 0 Å². The molecule has 1 amide bonds. The maximum absolute atomic E-state index is 13.2. The van der Waals surface area contributed by atoms with Crippen LogP contribution in [0.5, 0.6) is 0 Å². The smallest absolute Gasteiger partial charge is 0.253 e. The van der Waals surface area contributed by atoms with Crippen molar-refractivity contribution in [2.75, 3.05) is 26.3 Å². The molecular weight excluding hydrogens is 459 g/mol. The zero-order valence-corrected chi connectivity index (χ0v) is 19.9. The second-order valence-corrected chi connectivity index (χ2v) is 10.2. The van der Waals surface area contributed by atoms with E-state index in [0.29, 0.717) is 31.1 Å². The summed E-state index contributed by atoms with van der Waals surface area (Å²) in [5, 5.41) is 3.89. The average molecular weight is 485 g/mol. The molecule has 0 aromatic heterocycles.